The van der Waals surface area contributed by atoms with Crippen LogP contribution in [-0.4, -0.2) is 52.8 Å². The van der Waals surface area contributed by atoms with Gasteiger partial charge in [-0.25, -0.2) is 4.79 Å². The molecule has 1 unspecified atom stereocenters. The molecule has 108 valence electrons. The second kappa shape index (κ2) is 6.02. The lowest BCUT2D eigenvalue weighted by atomic mass is 10.1. The van der Waals surface area contributed by atoms with Crippen LogP contribution in [0, 0.1) is 0 Å². The zero-order chi connectivity index (χ0) is 14.7. The monoisotopic (exact) mass is 279 g/mol. The van der Waals surface area contributed by atoms with Gasteiger partial charge in [-0.1, -0.05) is 30.3 Å². The van der Waals surface area contributed by atoms with Crippen LogP contribution < -0.4 is 0 Å². The molecule has 1 amide bonds. The lowest BCUT2D eigenvalue weighted by Gasteiger charge is -2.26. The highest BCUT2D eigenvalue weighted by atomic mass is 16.5. The van der Waals surface area contributed by atoms with Crippen molar-refractivity contribution in [1.82, 2.24) is 4.90 Å². The smallest absolute Gasteiger partial charge is 0.326 e. The average Bonchev–Trinajstić information content (AvgIpc) is 2.83. The predicted molar refractivity (Wildman–Crippen MR) is 70.0 cm³/mol. The summed E-state index contributed by atoms with van der Waals surface area (Å²) < 4.78 is 5.21. The molecule has 1 aliphatic rings. The van der Waals surface area contributed by atoms with Crippen molar-refractivity contribution >= 4 is 11.9 Å². The molecule has 0 aliphatic carbocycles. The summed E-state index contributed by atoms with van der Waals surface area (Å²) in [5.41, 5.74) is 0.658. The van der Waals surface area contributed by atoms with Gasteiger partial charge in [0.05, 0.1) is 6.10 Å². The molecule has 20 heavy (non-hydrogen) atoms. The number of aliphatic hydroxyl groups excluding tert-OH is 1. The van der Waals surface area contributed by atoms with Gasteiger partial charge >= 0.3 is 5.97 Å². The third-order valence-corrected chi connectivity index (χ3v) is 3.41. The molecule has 6 heteroatoms. The second-order valence-electron chi connectivity index (χ2n) is 4.76. The van der Waals surface area contributed by atoms with Crippen molar-refractivity contribution in [2.24, 2.45) is 0 Å². The molecule has 2 N–H and O–H groups in total. The van der Waals surface area contributed by atoms with Crippen LogP contribution in [0.4, 0.5) is 0 Å². The molecule has 0 aromatic heterocycles. The molecule has 2 rings (SSSR count). The molecule has 1 aromatic rings. The molecule has 0 saturated carbocycles. The molecule has 1 heterocycles. The van der Waals surface area contributed by atoms with Gasteiger partial charge in [0.15, 0.2) is 6.10 Å². The summed E-state index contributed by atoms with van der Waals surface area (Å²) in [6.45, 7) is 0.0164. The van der Waals surface area contributed by atoms with Crippen LogP contribution in [-0.2, 0) is 14.3 Å². The van der Waals surface area contributed by atoms with Crippen LogP contribution >= 0.6 is 0 Å². The van der Waals surface area contributed by atoms with Crippen LogP contribution in [0.3, 0.4) is 0 Å². The number of β-amino-alcohol motifs (C(OH)–C–C–N with tert-alkyl or cyclic N) is 1. The highest BCUT2D eigenvalue weighted by Crippen LogP contribution is 2.25. The van der Waals surface area contributed by atoms with Crippen LogP contribution in [0.1, 0.15) is 18.1 Å². The zero-order valence-electron chi connectivity index (χ0n) is 11.1. The number of amides is 1. The van der Waals surface area contributed by atoms with E-state index in [2.05, 4.69) is 0 Å². The van der Waals surface area contributed by atoms with E-state index < -0.39 is 30.1 Å². The first-order valence-corrected chi connectivity index (χ1v) is 6.33. The number of nitrogens with zero attached hydrogens (tertiary/aromatic N) is 1. The number of carboxylic acid groups (broad SMARTS) is 1. The van der Waals surface area contributed by atoms with Gasteiger partial charge in [-0.15, -0.1) is 0 Å². The van der Waals surface area contributed by atoms with Crippen molar-refractivity contribution in [3.8, 4) is 0 Å². The van der Waals surface area contributed by atoms with Gasteiger partial charge in [-0.3, -0.25) is 4.79 Å². The third-order valence-electron chi connectivity index (χ3n) is 3.41. The third kappa shape index (κ3) is 2.81. The van der Waals surface area contributed by atoms with Gasteiger partial charge in [-0.2, -0.15) is 0 Å². The number of methoxy groups -OCH3 is 1. The molecule has 1 fully saturated rings. The van der Waals surface area contributed by atoms with E-state index in [4.69, 9.17) is 9.84 Å². The van der Waals surface area contributed by atoms with Crippen molar-refractivity contribution in [3.63, 3.8) is 0 Å². The maximum Gasteiger partial charge on any atom is 0.326 e. The van der Waals surface area contributed by atoms with Gasteiger partial charge in [0.1, 0.15) is 6.04 Å². The van der Waals surface area contributed by atoms with E-state index in [0.29, 0.717) is 5.56 Å². The summed E-state index contributed by atoms with van der Waals surface area (Å²) in [6, 6.07) is 7.87. The van der Waals surface area contributed by atoms with E-state index in [1.54, 1.807) is 24.3 Å². The standard InChI is InChI=1S/C14H17NO5/c1-20-12(9-5-3-2-4-6-9)13(17)15-8-10(16)7-11(15)14(18)19/h2-6,10-12,16H,7-8H2,1H3,(H,18,19)/t10-,11-,12?/m1/s1. The number of ether oxygens (including phenoxy) is 1. The molecule has 1 saturated heterocycles. The molecule has 6 nitrogen and oxygen atoms in total. The molecule has 1 aliphatic heterocycles. The van der Waals surface area contributed by atoms with E-state index in [1.165, 1.54) is 12.0 Å². The first-order chi connectivity index (χ1) is 9.54. The predicted octanol–water partition coefficient (Wildman–Crippen LogP) is 0.420. The summed E-state index contributed by atoms with van der Waals surface area (Å²) in [5, 5.41) is 18.7. The molecule has 0 spiro atoms. The van der Waals surface area contributed by atoms with Crippen LogP contribution in [0.2, 0.25) is 0 Å². The number of carboxylic acids is 1. The highest BCUT2D eigenvalue weighted by molar-refractivity contribution is 5.88. The second-order valence-corrected chi connectivity index (χ2v) is 4.76. The summed E-state index contributed by atoms with van der Waals surface area (Å²) in [6.07, 6.45) is -1.62. The minimum absolute atomic E-state index is 0.0164. The number of rotatable bonds is 4. The summed E-state index contributed by atoms with van der Waals surface area (Å²) in [7, 11) is 1.40. The van der Waals surface area contributed by atoms with Gasteiger partial charge in [-0.05, 0) is 5.56 Å². The summed E-state index contributed by atoms with van der Waals surface area (Å²) in [5.74, 6) is -1.56. The van der Waals surface area contributed by atoms with E-state index in [1.807, 2.05) is 6.07 Å². The van der Waals surface area contributed by atoms with Crippen molar-refractivity contribution in [3.05, 3.63) is 35.9 Å². The number of likely N-dealkylation sites (tertiary alicyclic amines) is 1. The largest absolute Gasteiger partial charge is 0.480 e. The molecule has 0 bridgehead atoms. The number of aliphatic carboxylic acids is 1. The number of carbonyl (C=O) groups is 2. The van der Waals surface area contributed by atoms with Crippen LogP contribution in [0.5, 0.6) is 0 Å². The fourth-order valence-corrected chi connectivity index (χ4v) is 2.45. The van der Waals surface area contributed by atoms with Gasteiger partial charge in [0.25, 0.3) is 5.91 Å². The van der Waals surface area contributed by atoms with Gasteiger partial charge < -0.3 is 19.8 Å². The van der Waals surface area contributed by atoms with Crippen molar-refractivity contribution in [2.75, 3.05) is 13.7 Å². The van der Waals surface area contributed by atoms with E-state index in [0.717, 1.165) is 0 Å². The van der Waals surface area contributed by atoms with E-state index >= 15 is 0 Å². The lowest BCUT2D eigenvalue weighted by molar-refractivity contribution is -0.153. The Balaban J connectivity index is 2.22. The Morgan fingerprint density at radius 1 is 1.35 bits per heavy atom. The first kappa shape index (κ1) is 14.5. The Kier molecular flexibility index (Phi) is 4.36. The Bertz CT molecular complexity index is 490. The number of benzene rings is 1. The molecular formula is C14H17NO5. The maximum atomic E-state index is 12.5. The lowest BCUT2D eigenvalue weighted by Crippen LogP contribution is -2.43. The number of aliphatic hydroxyl groups is 1. The number of hydrogen-bond donors (Lipinski definition) is 2. The summed E-state index contributed by atoms with van der Waals surface area (Å²) >= 11 is 0. The van der Waals surface area contributed by atoms with Crippen LogP contribution in [0.15, 0.2) is 30.3 Å². The van der Waals surface area contributed by atoms with Crippen molar-refractivity contribution < 1.29 is 24.5 Å². The Hall–Kier alpha value is -1.92. The first-order valence-electron chi connectivity index (χ1n) is 6.33. The molecule has 1 aromatic carbocycles. The van der Waals surface area contributed by atoms with Crippen LogP contribution in [0.25, 0.3) is 0 Å². The fourth-order valence-electron chi connectivity index (χ4n) is 2.45. The minimum atomic E-state index is -1.11. The normalized spacial score (nSPS) is 23.6. The minimum Gasteiger partial charge on any atom is -0.480 e. The molecule has 0 radical (unpaired) electrons. The highest BCUT2D eigenvalue weighted by Gasteiger charge is 2.41. The van der Waals surface area contributed by atoms with E-state index in [-0.39, 0.29) is 13.0 Å². The quantitative estimate of drug-likeness (QED) is 0.834. The van der Waals surface area contributed by atoms with Gasteiger partial charge in [0.2, 0.25) is 0 Å². The number of carbonyl (C=O) groups excluding carboxylic acids is 1. The maximum absolute atomic E-state index is 12.5. The SMILES string of the molecule is COC(C(=O)N1C[C@H](O)C[C@@H]1C(=O)O)c1ccccc1. The van der Waals surface area contributed by atoms with E-state index in [9.17, 15) is 14.7 Å². The Morgan fingerprint density at radius 3 is 2.55 bits per heavy atom. The zero-order valence-corrected chi connectivity index (χ0v) is 11.1. The van der Waals surface area contributed by atoms with Crippen molar-refractivity contribution in [2.45, 2.75) is 24.7 Å². The molecular weight excluding hydrogens is 262 g/mol. The Morgan fingerprint density at radius 2 is 2.00 bits per heavy atom. The topological polar surface area (TPSA) is 87.1 Å². The fraction of sp³-hybridized carbons (Fsp3) is 0.429. The molecule has 3 atom stereocenters. The average molecular weight is 279 g/mol. The van der Waals surface area contributed by atoms with Crippen molar-refractivity contribution in [1.29, 1.82) is 0 Å². The number of hydrogen-bond acceptors (Lipinski definition) is 4. The Labute approximate surface area is 116 Å². The summed E-state index contributed by atoms with van der Waals surface area (Å²) in [4.78, 5) is 24.8. The van der Waals surface area contributed by atoms with Gasteiger partial charge in [0, 0.05) is 20.1 Å².